The van der Waals surface area contributed by atoms with Gasteiger partial charge in [-0.3, -0.25) is 9.47 Å². The standard InChI is InChI=1S/C30H28N4O3/c1-37-25-12-10-23(11-13-25)34-19-32-27-16-31-28(30(36)29(27)34)21-8-6-20(7-9-21)26-5-3-2-4-22(26)17-33-15-14-24(35)18-33/h2-13,16,19,24,35-36H,14-15,17-18H2,1H3/t24-/m0/s1. The topological polar surface area (TPSA) is 83.6 Å². The lowest BCUT2D eigenvalue weighted by molar-refractivity contribution is 0.175. The molecule has 0 radical (unpaired) electrons. The number of fused-ring (bicyclic) bond motifs is 1. The van der Waals surface area contributed by atoms with Gasteiger partial charge in [0.15, 0.2) is 5.75 Å². The molecule has 7 heteroatoms. The maximum absolute atomic E-state index is 11.3. The fourth-order valence-corrected chi connectivity index (χ4v) is 5.09. The average molecular weight is 493 g/mol. The predicted octanol–water partition coefficient (Wildman–Crippen LogP) is 5.04. The molecule has 6 rings (SSSR count). The van der Waals surface area contributed by atoms with Crippen molar-refractivity contribution in [2.24, 2.45) is 0 Å². The summed E-state index contributed by atoms with van der Waals surface area (Å²) in [5.74, 6) is 0.853. The fraction of sp³-hybridized carbons (Fsp3) is 0.200. The number of hydrogen-bond donors (Lipinski definition) is 2. The van der Waals surface area contributed by atoms with Gasteiger partial charge in [0.1, 0.15) is 28.8 Å². The molecule has 7 nitrogen and oxygen atoms in total. The van der Waals surface area contributed by atoms with Gasteiger partial charge in [0, 0.05) is 30.9 Å². The van der Waals surface area contributed by atoms with E-state index in [2.05, 4.69) is 45.2 Å². The molecule has 2 N–H and O–H groups in total. The number of imidazole rings is 1. The van der Waals surface area contributed by atoms with Crippen LogP contribution in [0.3, 0.4) is 0 Å². The summed E-state index contributed by atoms with van der Waals surface area (Å²) in [6.07, 6.45) is 3.98. The number of ether oxygens (including phenoxy) is 1. The Hall–Kier alpha value is -4.20. The third-order valence-corrected chi connectivity index (χ3v) is 7.04. The molecular formula is C30H28N4O3. The molecule has 0 bridgehead atoms. The van der Waals surface area contributed by atoms with Crippen LogP contribution in [-0.2, 0) is 6.54 Å². The van der Waals surface area contributed by atoms with Crippen molar-refractivity contribution in [3.63, 3.8) is 0 Å². The number of aromatic hydroxyl groups is 1. The molecule has 186 valence electrons. The van der Waals surface area contributed by atoms with E-state index in [4.69, 9.17) is 4.74 Å². The number of benzene rings is 3. The van der Waals surface area contributed by atoms with Crippen LogP contribution in [0.15, 0.2) is 85.3 Å². The summed E-state index contributed by atoms with van der Waals surface area (Å²) >= 11 is 0. The van der Waals surface area contributed by atoms with Crippen LogP contribution in [-0.4, -0.2) is 56.0 Å². The summed E-state index contributed by atoms with van der Waals surface area (Å²) in [6, 6.07) is 24.1. The Labute approximate surface area is 215 Å². The molecule has 0 aliphatic carbocycles. The molecule has 0 spiro atoms. The molecule has 1 aliphatic rings. The highest BCUT2D eigenvalue weighted by atomic mass is 16.5. The second kappa shape index (κ2) is 9.69. The van der Waals surface area contributed by atoms with Gasteiger partial charge in [0.2, 0.25) is 0 Å². The van der Waals surface area contributed by atoms with Gasteiger partial charge in [-0.2, -0.15) is 0 Å². The quantitative estimate of drug-likeness (QED) is 0.346. The molecule has 0 unspecified atom stereocenters. The molecule has 2 aromatic heterocycles. The summed E-state index contributed by atoms with van der Waals surface area (Å²) in [5.41, 5.74) is 6.93. The third kappa shape index (κ3) is 4.43. The second-order valence-corrected chi connectivity index (χ2v) is 9.41. The lowest BCUT2D eigenvalue weighted by Crippen LogP contribution is -2.21. The molecule has 3 aromatic carbocycles. The predicted molar refractivity (Wildman–Crippen MR) is 144 cm³/mol. The number of methoxy groups -OCH3 is 1. The van der Waals surface area contributed by atoms with Crippen LogP contribution in [0.1, 0.15) is 12.0 Å². The van der Waals surface area contributed by atoms with Gasteiger partial charge in [-0.1, -0.05) is 48.5 Å². The largest absolute Gasteiger partial charge is 0.504 e. The van der Waals surface area contributed by atoms with Crippen LogP contribution in [0, 0.1) is 0 Å². The zero-order valence-corrected chi connectivity index (χ0v) is 20.6. The van der Waals surface area contributed by atoms with E-state index < -0.39 is 0 Å². The van der Waals surface area contributed by atoms with Gasteiger partial charge >= 0.3 is 0 Å². The van der Waals surface area contributed by atoms with Crippen molar-refractivity contribution in [2.75, 3.05) is 20.2 Å². The highest BCUT2D eigenvalue weighted by molar-refractivity contribution is 5.89. The molecule has 5 aromatic rings. The minimum Gasteiger partial charge on any atom is -0.504 e. The Balaban J connectivity index is 1.32. The number of aliphatic hydroxyl groups excluding tert-OH is 1. The number of likely N-dealkylation sites (tertiary alicyclic amines) is 1. The highest BCUT2D eigenvalue weighted by Gasteiger charge is 2.21. The average Bonchev–Trinajstić information content (AvgIpc) is 3.56. The van der Waals surface area contributed by atoms with E-state index in [1.54, 1.807) is 19.6 Å². The van der Waals surface area contributed by atoms with Crippen LogP contribution in [0.5, 0.6) is 11.5 Å². The van der Waals surface area contributed by atoms with E-state index in [1.807, 2.05) is 47.0 Å². The van der Waals surface area contributed by atoms with Crippen LogP contribution in [0.25, 0.3) is 39.1 Å². The molecule has 1 fully saturated rings. The van der Waals surface area contributed by atoms with Crippen molar-refractivity contribution in [3.8, 4) is 39.6 Å². The Morgan fingerprint density at radius 1 is 0.946 bits per heavy atom. The summed E-state index contributed by atoms with van der Waals surface area (Å²) in [5, 5.41) is 21.2. The Bertz CT molecular complexity index is 1540. The number of β-amino-alcohol motifs (C(OH)–C–C–N with tert-alkyl or cyclic N) is 1. The van der Waals surface area contributed by atoms with Crippen LogP contribution in [0.4, 0.5) is 0 Å². The van der Waals surface area contributed by atoms with Gasteiger partial charge in [-0.15, -0.1) is 0 Å². The van der Waals surface area contributed by atoms with Crippen molar-refractivity contribution >= 4 is 11.0 Å². The molecule has 1 aliphatic heterocycles. The van der Waals surface area contributed by atoms with Crippen molar-refractivity contribution < 1.29 is 14.9 Å². The monoisotopic (exact) mass is 492 g/mol. The Morgan fingerprint density at radius 3 is 2.43 bits per heavy atom. The molecule has 37 heavy (non-hydrogen) atoms. The number of aromatic nitrogens is 3. The highest BCUT2D eigenvalue weighted by Crippen LogP contribution is 2.36. The summed E-state index contributed by atoms with van der Waals surface area (Å²) < 4.78 is 7.12. The lowest BCUT2D eigenvalue weighted by Gasteiger charge is -2.18. The van der Waals surface area contributed by atoms with Gasteiger partial charge in [0.05, 0.1) is 19.4 Å². The van der Waals surface area contributed by atoms with Crippen LogP contribution >= 0.6 is 0 Å². The summed E-state index contributed by atoms with van der Waals surface area (Å²) in [7, 11) is 1.63. The first-order valence-corrected chi connectivity index (χ1v) is 12.4. The SMILES string of the molecule is COc1ccc(-n2cnc3cnc(-c4ccc(-c5ccccc5CN5CC[C@H](O)C5)cc4)c(O)c32)cc1. The molecular weight excluding hydrogens is 464 g/mol. The fourth-order valence-electron chi connectivity index (χ4n) is 5.09. The van der Waals surface area contributed by atoms with Crippen LogP contribution in [0.2, 0.25) is 0 Å². The number of rotatable bonds is 6. The first kappa shape index (κ1) is 23.2. The van der Waals surface area contributed by atoms with Gasteiger partial charge in [-0.25, -0.2) is 9.97 Å². The van der Waals surface area contributed by atoms with Crippen LogP contribution < -0.4 is 4.74 Å². The molecule has 1 saturated heterocycles. The third-order valence-electron chi connectivity index (χ3n) is 7.04. The van der Waals surface area contributed by atoms with Crippen molar-refractivity contribution in [3.05, 3.63) is 90.9 Å². The van der Waals surface area contributed by atoms with E-state index in [0.717, 1.165) is 42.1 Å². The number of pyridine rings is 1. The van der Waals surface area contributed by atoms with E-state index in [1.165, 1.54) is 11.1 Å². The van der Waals surface area contributed by atoms with E-state index in [0.29, 0.717) is 23.3 Å². The summed E-state index contributed by atoms with van der Waals surface area (Å²) in [6.45, 7) is 2.44. The maximum Gasteiger partial charge on any atom is 0.168 e. The molecule has 3 heterocycles. The smallest absolute Gasteiger partial charge is 0.168 e. The maximum atomic E-state index is 11.3. The Morgan fingerprint density at radius 2 is 1.70 bits per heavy atom. The number of aliphatic hydroxyl groups is 1. The zero-order valence-electron chi connectivity index (χ0n) is 20.6. The van der Waals surface area contributed by atoms with Crippen molar-refractivity contribution in [1.82, 2.24) is 19.4 Å². The van der Waals surface area contributed by atoms with Crippen molar-refractivity contribution in [2.45, 2.75) is 19.1 Å². The molecule has 0 saturated carbocycles. The van der Waals surface area contributed by atoms with E-state index in [-0.39, 0.29) is 11.9 Å². The van der Waals surface area contributed by atoms with E-state index in [9.17, 15) is 10.2 Å². The van der Waals surface area contributed by atoms with Gasteiger partial charge in [-0.05, 0) is 47.4 Å². The van der Waals surface area contributed by atoms with Crippen molar-refractivity contribution in [1.29, 1.82) is 0 Å². The minimum atomic E-state index is -0.231. The van der Waals surface area contributed by atoms with E-state index >= 15 is 0 Å². The first-order chi connectivity index (χ1) is 18.1. The second-order valence-electron chi connectivity index (χ2n) is 9.41. The normalized spacial score (nSPS) is 15.9. The lowest BCUT2D eigenvalue weighted by atomic mass is 9.97. The first-order valence-electron chi connectivity index (χ1n) is 12.4. The Kier molecular flexibility index (Phi) is 6.08. The zero-order chi connectivity index (χ0) is 25.4. The number of hydrogen-bond acceptors (Lipinski definition) is 6. The van der Waals surface area contributed by atoms with Gasteiger partial charge < -0.3 is 14.9 Å². The van der Waals surface area contributed by atoms with Gasteiger partial charge in [0.25, 0.3) is 0 Å². The summed E-state index contributed by atoms with van der Waals surface area (Å²) in [4.78, 5) is 11.3. The molecule has 1 atom stereocenters. The molecule has 0 amide bonds. The minimum absolute atomic E-state index is 0.0894. The number of nitrogens with zero attached hydrogens (tertiary/aromatic N) is 4.